The average molecular weight is 398 g/mol. The fourth-order valence-electron chi connectivity index (χ4n) is 2.39. The second-order valence-corrected chi connectivity index (χ2v) is 6.57. The Morgan fingerprint density at radius 2 is 1.65 bits per heavy atom. The average Bonchev–Trinajstić information content (AvgIpc) is 2.45. The number of rotatable bonds is 4. The van der Waals surface area contributed by atoms with Crippen LogP contribution in [0.3, 0.4) is 0 Å². The first-order chi connectivity index (χ1) is 9.56. The van der Waals surface area contributed by atoms with E-state index in [9.17, 15) is 5.11 Å². The largest absolute Gasteiger partial charge is 0.384 e. The van der Waals surface area contributed by atoms with Gasteiger partial charge in [0.2, 0.25) is 0 Å². The van der Waals surface area contributed by atoms with E-state index < -0.39 is 6.10 Å². The summed E-state index contributed by atoms with van der Waals surface area (Å²) in [6.07, 6.45) is 1.42. The summed E-state index contributed by atoms with van der Waals surface area (Å²) in [4.78, 5) is 0. The van der Waals surface area contributed by atoms with Crippen LogP contribution in [0, 0.1) is 0 Å². The molecule has 0 bridgehead atoms. The Morgan fingerprint density at radius 3 is 2.25 bits per heavy atom. The lowest BCUT2D eigenvalue weighted by Crippen LogP contribution is -2.03. The van der Waals surface area contributed by atoms with Crippen LogP contribution in [0.15, 0.2) is 45.3 Å². The van der Waals surface area contributed by atoms with Crippen LogP contribution in [0.2, 0.25) is 0 Å². The van der Waals surface area contributed by atoms with Crippen molar-refractivity contribution in [2.24, 2.45) is 0 Å². The summed E-state index contributed by atoms with van der Waals surface area (Å²) in [6.45, 7) is 4.32. The summed E-state index contributed by atoms with van der Waals surface area (Å²) < 4.78 is 1.91. The molecule has 0 heterocycles. The van der Waals surface area contributed by atoms with Gasteiger partial charge in [-0.2, -0.15) is 0 Å². The summed E-state index contributed by atoms with van der Waals surface area (Å²) in [5, 5.41) is 10.6. The highest BCUT2D eigenvalue weighted by molar-refractivity contribution is 9.11. The molecule has 0 saturated heterocycles. The van der Waals surface area contributed by atoms with Crippen LogP contribution < -0.4 is 0 Å². The molecule has 2 aromatic carbocycles. The highest BCUT2D eigenvalue weighted by atomic mass is 79.9. The monoisotopic (exact) mass is 396 g/mol. The van der Waals surface area contributed by atoms with Crippen LogP contribution in [0.1, 0.15) is 42.2 Å². The lowest BCUT2D eigenvalue weighted by molar-refractivity contribution is 0.219. The molecular formula is C17H18Br2O. The van der Waals surface area contributed by atoms with Gasteiger partial charge < -0.3 is 5.11 Å². The normalized spacial score (nSPS) is 12.4. The van der Waals surface area contributed by atoms with E-state index >= 15 is 0 Å². The molecule has 0 aliphatic rings. The molecule has 0 amide bonds. The summed E-state index contributed by atoms with van der Waals surface area (Å²) in [5.74, 6) is 0. The Morgan fingerprint density at radius 1 is 0.950 bits per heavy atom. The van der Waals surface area contributed by atoms with Gasteiger partial charge in [-0.1, -0.05) is 70.0 Å². The van der Waals surface area contributed by atoms with E-state index in [1.807, 2.05) is 24.3 Å². The van der Waals surface area contributed by atoms with Gasteiger partial charge in [-0.05, 0) is 47.2 Å². The number of aliphatic hydroxyl groups is 1. The van der Waals surface area contributed by atoms with Crippen LogP contribution in [-0.4, -0.2) is 5.11 Å². The van der Waals surface area contributed by atoms with E-state index in [1.54, 1.807) is 0 Å². The van der Waals surface area contributed by atoms with Crippen LogP contribution >= 0.6 is 31.9 Å². The highest BCUT2D eigenvalue weighted by Crippen LogP contribution is 2.31. The lowest BCUT2D eigenvalue weighted by Gasteiger charge is -2.16. The molecule has 0 saturated carbocycles. The molecule has 0 fully saturated rings. The third-order valence-electron chi connectivity index (χ3n) is 3.56. The standard InChI is InChI=1S/C17H18Br2O/c1-3-11-5-6-13(9-12(11)4-2)17(20)15-8-7-14(18)10-16(15)19/h5-10,17,20H,3-4H2,1-2H3. The molecule has 3 heteroatoms. The SMILES string of the molecule is CCc1ccc(C(O)c2ccc(Br)cc2Br)cc1CC. The molecule has 0 aliphatic heterocycles. The molecule has 0 aliphatic carbocycles. The summed E-state index contributed by atoms with van der Waals surface area (Å²) in [5.41, 5.74) is 4.51. The van der Waals surface area contributed by atoms with Crippen molar-refractivity contribution in [3.63, 3.8) is 0 Å². The van der Waals surface area contributed by atoms with Crippen molar-refractivity contribution in [3.8, 4) is 0 Å². The van der Waals surface area contributed by atoms with Gasteiger partial charge in [0, 0.05) is 8.95 Å². The quantitative estimate of drug-likeness (QED) is 0.730. The van der Waals surface area contributed by atoms with E-state index in [1.165, 1.54) is 11.1 Å². The molecule has 20 heavy (non-hydrogen) atoms. The predicted octanol–water partition coefficient (Wildman–Crippen LogP) is 5.42. The number of benzene rings is 2. The number of aliphatic hydroxyl groups excluding tert-OH is 1. The maximum Gasteiger partial charge on any atom is 0.105 e. The molecule has 2 rings (SSSR count). The number of halogens is 2. The molecule has 0 radical (unpaired) electrons. The molecule has 0 aromatic heterocycles. The third-order valence-corrected chi connectivity index (χ3v) is 4.74. The van der Waals surface area contributed by atoms with Gasteiger partial charge in [0.25, 0.3) is 0 Å². The van der Waals surface area contributed by atoms with Crippen molar-refractivity contribution in [1.82, 2.24) is 0 Å². The van der Waals surface area contributed by atoms with E-state index in [-0.39, 0.29) is 0 Å². The Balaban J connectivity index is 2.40. The van der Waals surface area contributed by atoms with Crippen molar-refractivity contribution in [3.05, 3.63) is 67.6 Å². The molecule has 0 spiro atoms. The smallest absolute Gasteiger partial charge is 0.105 e. The fraction of sp³-hybridized carbons (Fsp3) is 0.294. The molecule has 1 N–H and O–H groups in total. The Kier molecular flexibility index (Phi) is 5.42. The van der Waals surface area contributed by atoms with Crippen LogP contribution in [0.25, 0.3) is 0 Å². The fourth-order valence-corrected chi connectivity index (χ4v) is 3.66. The Hall–Kier alpha value is -0.640. The second-order valence-electron chi connectivity index (χ2n) is 4.80. The number of hydrogen-bond acceptors (Lipinski definition) is 1. The molecule has 1 atom stereocenters. The highest BCUT2D eigenvalue weighted by Gasteiger charge is 2.15. The first-order valence-corrected chi connectivity index (χ1v) is 8.40. The molecule has 1 nitrogen and oxygen atoms in total. The first kappa shape index (κ1) is 15.7. The minimum absolute atomic E-state index is 0.603. The van der Waals surface area contributed by atoms with E-state index in [4.69, 9.17) is 0 Å². The lowest BCUT2D eigenvalue weighted by atomic mass is 9.95. The van der Waals surface area contributed by atoms with Crippen molar-refractivity contribution in [2.45, 2.75) is 32.8 Å². The van der Waals surface area contributed by atoms with Gasteiger partial charge in [-0.25, -0.2) is 0 Å². The van der Waals surface area contributed by atoms with Gasteiger partial charge in [-0.15, -0.1) is 0 Å². The maximum absolute atomic E-state index is 10.6. The van der Waals surface area contributed by atoms with Gasteiger partial charge in [0.1, 0.15) is 6.10 Å². The van der Waals surface area contributed by atoms with E-state index in [2.05, 4.69) is 57.8 Å². The van der Waals surface area contributed by atoms with Gasteiger partial charge in [0.15, 0.2) is 0 Å². The van der Waals surface area contributed by atoms with Gasteiger partial charge in [0.05, 0.1) is 0 Å². The molecule has 106 valence electrons. The van der Waals surface area contributed by atoms with Gasteiger partial charge in [-0.3, -0.25) is 0 Å². The van der Waals surface area contributed by atoms with Crippen LogP contribution in [-0.2, 0) is 12.8 Å². The van der Waals surface area contributed by atoms with Gasteiger partial charge >= 0.3 is 0 Å². The molecule has 1 unspecified atom stereocenters. The van der Waals surface area contributed by atoms with Crippen molar-refractivity contribution in [1.29, 1.82) is 0 Å². The zero-order chi connectivity index (χ0) is 14.7. The zero-order valence-corrected chi connectivity index (χ0v) is 14.8. The van der Waals surface area contributed by atoms with Crippen LogP contribution in [0.4, 0.5) is 0 Å². The Labute approximate surface area is 137 Å². The second kappa shape index (κ2) is 6.88. The first-order valence-electron chi connectivity index (χ1n) is 6.81. The maximum atomic E-state index is 10.6. The molecule has 2 aromatic rings. The topological polar surface area (TPSA) is 20.2 Å². The van der Waals surface area contributed by atoms with Crippen molar-refractivity contribution < 1.29 is 5.11 Å². The number of hydrogen-bond donors (Lipinski definition) is 1. The summed E-state index contributed by atoms with van der Waals surface area (Å²) in [7, 11) is 0. The van der Waals surface area contributed by atoms with Crippen LogP contribution in [0.5, 0.6) is 0 Å². The van der Waals surface area contributed by atoms with E-state index in [0.717, 1.165) is 32.9 Å². The summed E-state index contributed by atoms with van der Waals surface area (Å²) in [6, 6.07) is 12.1. The van der Waals surface area contributed by atoms with Crippen molar-refractivity contribution in [2.75, 3.05) is 0 Å². The zero-order valence-electron chi connectivity index (χ0n) is 11.7. The van der Waals surface area contributed by atoms with E-state index in [0.29, 0.717) is 0 Å². The molecular weight excluding hydrogens is 380 g/mol. The predicted molar refractivity (Wildman–Crippen MR) is 91.1 cm³/mol. The third kappa shape index (κ3) is 3.33. The van der Waals surface area contributed by atoms with Crippen molar-refractivity contribution >= 4 is 31.9 Å². The minimum atomic E-state index is -0.603. The number of aryl methyl sites for hydroxylation is 2. The Bertz CT molecular complexity index is 608. The summed E-state index contributed by atoms with van der Waals surface area (Å²) >= 11 is 6.95. The minimum Gasteiger partial charge on any atom is -0.384 e.